The van der Waals surface area contributed by atoms with Crippen molar-refractivity contribution >= 4 is 11.6 Å². The van der Waals surface area contributed by atoms with Crippen molar-refractivity contribution in [2.24, 2.45) is 0 Å². The van der Waals surface area contributed by atoms with Crippen molar-refractivity contribution in [2.75, 3.05) is 6.54 Å². The van der Waals surface area contributed by atoms with Crippen LogP contribution in [0.15, 0.2) is 11.1 Å². The molecule has 1 fully saturated rings. The van der Waals surface area contributed by atoms with Crippen molar-refractivity contribution < 1.29 is 0 Å². The predicted molar refractivity (Wildman–Crippen MR) is 54.5 cm³/mol. The second-order valence-corrected chi connectivity index (χ2v) is 3.89. The molecule has 1 rings (SSSR count). The molecule has 2 heteroatoms. The summed E-state index contributed by atoms with van der Waals surface area (Å²) in [5, 5.41) is 3.52. The van der Waals surface area contributed by atoms with Gasteiger partial charge in [0.2, 0.25) is 0 Å². The van der Waals surface area contributed by atoms with Gasteiger partial charge in [0.15, 0.2) is 0 Å². The molecule has 0 aromatic heterocycles. The van der Waals surface area contributed by atoms with Crippen molar-refractivity contribution in [3.63, 3.8) is 0 Å². The monoisotopic (exact) mass is 187 g/mol. The maximum absolute atomic E-state index is 5.57. The summed E-state index contributed by atoms with van der Waals surface area (Å²) >= 11 is 5.57. The summed E-state index contributed by atoms with van der Waals surface area (Å²) in [6.45, 7) is 3.01. The molecule has 0 atom stereocenters. The average molecular weight is 188 g/mol. The van der Waals surface area contributed by atoms with Crippen LogP contribution in [0.25, 0.3) is 0 Å². The van der Waals surface area contributed by atoms with Crippen LogP contribution in [-0.2, 0) is 0 Å². The third-order valence-corrected chi connectivity index (χ3v) is 2.83. The normalized spacial score (nSPS) is 21.3. The molecule has 0 aromatic carbocycles. The van der Waals surface area contributed by atoms with E-state index in [1.54, 1.807) is 5.54 Å². The third kappa shape index (κ3) is 3.59. The van der Waals surface area contributed by atoms with Gasteiger partial charge in [-0.3, -0.25) is 0 Å². The lowest BCUT2D eigenvalue weighted by molar-refractivity contribution is 0.383. The van der Waals surface area contributed by atoms with Gasteiger partial charge in [-0.05, 0) is 25.3 Å². The molecule has 1 aliphatic carbocycles. The number of hydrogen-bond acceptors (Lipinski definition) is 1. The van der Waals surface area contributed by atoms with E-state index in [1.165, 1.54) is 37.7 Å². The lowest BCUT2D eigenvalue weighted by atomic mass is 9.95. The number of nitrogens with one attached hydrogen (secondary N) is 1. The Morgan fingerprint density at radius 2 is 2.08 bits per heavy atom. The molecule has 0 radical (unpaired) electrons. The van der Waals surface area contributed by atoms with Gasteiger partial charge in [-0.2, -0.15) is 0 Å². The summed E-state index contributed by atoms with van der Waals surface area (Å²) in [6, 6.07) is 0.741. The molecule has 0 bridgehead atoms. The minimum atomic E-state index is 0.741. The highest BCUT2D eigenvalue weighted by molar-refractivity contribution is 6.25. The Morgan fingerprint density at radius 1 is 1.42 bits per heavy atom. The van der Waals surface area contributed by atoms with Crippen LogP contribution in [0.4, 0.5) is 0 Å². The van der Waals surface area contributed by atoms with Crippen LogP contribution in [0, 0.1) is 0 Å². The van der Waals surface area contributed by atoms with Crippen LogP contribution in [0.1, 0.15) is 39.0 Å². The minimum absolute atomic E-state index is 0.741. The molecule has 0 aliphatic heterocycles. The molecule has 1 nitrogen and oxygen atoms in total. The summed E-state index contributed by atoms with van der Waals surface area (Å²) in [5.74, 6) is 0. The van der Waals surface area contributed by atoms with Crippen LogP contribution in [0.3, 0.4) is 0 Å². The van der Waals surface area contributed by atoms with Gasteiger partial charge in [0.05, 0.1) is 0 Å². The quantitative estimate of drug-likeness (QED) is 0.716. The third-order valence-electron chi connectivity index (χ3n) is 2.46. The van der Waals surface area contributed by atoms with Crippen molar-refractivity contribution in [1.29, 1.82) is 0 Å². The van der Waals surface area contributed by atoms with E-state index in [9.17, 15) is 0 Å². The molecule has 0 saturated heterocycles. The molecule has 0 aromatic rings. The Morgan fingerprint density at radius 3 is 2.67 bits per heavy atom. The first-order valence-electron chi connectivity index (χ1n) is 4.82. The molecule has 0 heterocycles. The first-order chi connectivity index (χ1) is 5.83. The van der Waals surface area contributed by atoms with Crippen molar-refractivity contribution in [3.05, 3.63) is 11.1 Å². The Hall–Kier alpha value is -0.0100. The largest absolute Gasteiger partial charge is 0.310 e. The zero-order valence-corrected chi connectivity index (χ0v) is 8.53. The number of rotatable bonds is 3. The first kappa shape index (κ1) is 10.1. The van der Waals surface area contributed by atoms with Gasteiger partial charge >= 0.3 is 0 Å². The number of hydrogen-bond donors (Lipinski definition) is 1. The first-order valence-corrected chi connectivity index (χ1v) is 5.26. The molecule has 1 saturated carbocycles. The molecule has 1 aliphatic rings. The maximum Gasteiger partial charge on any atom is 0.0176 e. The fourth-order valence-corrected chi connectivity index (χ4v) is 1.73. The maximum atomic E-state index is 5.57. The molecule has 0 amide bonds. The lowest BCUT2D eigenvalue weighted by Crippen LogP contribution is -2.32. The van der Waals surface area contributed by atoms with E-state index in [0.29, 0.717) is 0 Å². The SMILES string of the molecule is CC(=CCl)CNC1CCCCC1. The van der Waals surface area contributed by atoms with E-state index in [2.05, 4.69) is 12.2 Å². The number of halogens is 1. The van der Waals surface area contributed by atoms with Gasteiger partial charge in [0.25, 0.3) is 0 Å². The van der Waals surface area contributed by atoms with E-state index in [1.807, 2.05) is 0 Å². The molecule has 0 unspecified atom stereocenters. The standard InChI is InChI=1S/C10H18ClN/c1-9(7-11)8-12-10-5-3-2-4-6-10/h7,10,12H,2-6,8H2,1H3. The molecular formula is C10H18ClN. The minimum Gasteiger partial charge on any atom is -0.310 e. The summed E-state index contributed by atoms with van der Waals surface area (Å²) in [6.07, 6.45) is 6.89. The summed E-state index contributed by atoms with van der Waals surface area (Å²) < 4.78 is 0. The van der Waals surface area contributed by atoms with E-state index in [-0.39, 0.29) is 0 Å². The van der Waals surface area contributed by atoms with E-state index in [0.717, 1.165) is 12.6 Å². The van der Waals surface area contributed by atoms with Crippen LogP contribution < -0.4 is 5.32 Å². The highest BCUT2D eigenvalue weighted by atomic mass is 35.5. The topological polar surface area (TPSA) is 12.0 Å². The molecule has 70 valence electrons. The zero-order valence-electron chi connectivity index (χ0n) is 7.78. The Balaban J connectivity index is 2.13. The second kappa shape index (κ2) is 5.60. The van der Waals surface area contributed by atoms with Gasteiger partial charge in [-0.15, -0.1) is 0 Å². The van der Waals surface area contributed by atoms with Crippen LogP contribution in [-0.4, -0.2) is 12.6 Å². The summed E-state index contributed by atoms with van der Waals surface area (Å²) in [5.41, 5.74) is 2.89. The van der Waals surface area contributed by atoms with Crippen LogP contribution in [0.2, 0.25) is 0 Å². The average Bonchev–Trinajstić information content (AvgIpc) is 2.16. The fourth-order valence-electron chi connectivity index (χ4n) is 1.65. The highest BCUT2D eigenvalue weighted by Gasteiger charge is 2.11. The summed E-state index contributed by atoms with van der Waals surface area (Å²) in [4.78, 5) is 0. The van der Waals surface area contributed by atoms with Gasteiger partial charge in [0.1, 0.15) is 0 Å². The second-order valence-electron chi connectivity index (χ2n) is 3.67. The highest BCUT2D eigenvalue weighted by Crippen LogP contribution is 2.17. The molecular weight excluding hydrogens is 170 g/mol. The Bertz CT molecular complexity index is 148. The molecule has 0 spiro atoms. The smallest absolute Gasteiger partial charge is 0.0176 e. The molecule has 12 heavy (non-hydrogen) atoms. The Labute approximate surface area is 80.2 Å². The summed E-state index contributed by atoms with van der Waals surface area (Å²) in [7, 11) is 0. The zero-order chi connectivity index (χ0) is 8.81. The van der Waals surface area contributed by atoms with Crippen molar-refractivity contribution in [3.8, 4) is 0 Å². The lowest BCUT2D eigenvalue weighted by Gasteiger charge is -2.22. The van der Waals surface area contributed by atoms with Crippen molar-refractivity contribution in [1.82, 2.24) is 5.32 Å². The predicted octanol–water partition coefficient (Wildman–Crippen LogP) is 3.05. The van der Waals surface area contributed by atoms with Crippen LogP contribution >= 0.6 is 11.6 Å². The van der Waals surface area contributed by atoms with Crippen molar-refractivity contribution in [2.45, 2.75) is 45.1 Å². The van der Waals surface area contributed by atoms with E-state index < -0.39 is 0 Å². The molecule has 1 N–H and O–H groups in total. The Kier molecular flexibility index (Phi) is 4.70. The van der Waals surface area contributed by atoms with Gasteiger partial charge in [-0.25, -0.2) is 0 Å². The van der Waals surface area contributed by atoms with E-state index in [4.69, 9.17) is 11.6 Å². The van der Waals surface area contributed by atoms with Gasteiger partial charge < -0.3 is 5.32 Å². The van der Waals surface area contributed by atoms with Gasteiger partial charge in [-0.1, -0.05) is 30.9 Å². The van der Waals surface area contributed by atoms with E-state index >= 15 is 0 Å². The fraction of sp³-hybridized carbons (Fsp3) is 0.800. The van der Waals surface area contributed by atoms with Crippen LogP contribution in [0.5, 0.6) is 0 Å². The van der Waals surface area contributed by atoms with Gasteiger partial charge in [0, 0.05) is 18.1 Å².